The van der Waals surface area contributed by atoms with E-state index in [-0.39, 0.29) is 0 Å². The molecule has 0 aliphatic rings. The summed E-state index contributed by atoms with van der Waals surface area (Å²) in [5, 5.41) is 19.7. The number of carbonyl (C=O) groups excluding carboxylic acids is 2. The third-order valence-electron chi connectivity index (χ3n) is 0.899. The Balaban J connectivity index is 4.23. The van der Waals surface area contributed by atoms with E-state index in [1.807, 2.05) is 0 Å². The summed E-state index contributed by atoms with van der Waals surface area (Å²) >= 11 is 0. The first-order chi connectivity index (χ1) is 4.95. The van der Waals surface area contributed by atoms with Crippen molar-refractivity contribution in [2.45, 2.75) is 12.1 Å². The SMILES string of the molecule is O=C([O-])CC(C(=O)[O-])[P+](=O)O. The number of carboxylic acid groups (broad SMARTS) is 2. The van der Waals surface area contributed by atoms with Gasteiger partial charge in [0.1, 0.15) is 0 Å². The maximum atomic E-state index is 10.1. The fourth-order valence-corrected chi connectivity index (χ4v) is 0.895. The highest BCUT2D eigenvalue weighted by atomic mass is 31.1. The topological polar surface area (TPSA) is 118 Å². The smallest absolute Gasteiger partial charge is 0.515 e. The van der Waals surface area contributed by atoms with Crippen molar-refractivity contribution < 1.29 is 29.3 Å². The van der Waals surface area contributed by atoms with Crippen molar-refractivity contribution in [3.63, 3.8) is 0 Å². The van der Waals surface area contributed by atoms with Crippen molar-refractivity contribution in [2.75, 3.05) is 0 Å². The minimum Gasteiger partial charge on any atom is -0.550 e. The van der Waals surface area contributed by atoms with E-state index < -0.39 is 32.0 Å². The molecule has 0 saturated heterocycles. The molecule has 0 amide bonds. The molecule has 7 heteroatoms. The molecule has 2 unspecified atom stereocenters. The lowest BCUT2D eigenvalue weighted by Crippen LogP contribution is -2.38. The molecular weight excluding hydrogens is 175 g/mol. The van der Waals surface area contributed by atoms with Crippen molar-refractivity contribution in [3.8, 4) is 0 Å². The molecule has 0 spiro atoms. The quantitative estimate of drug-likeness (QED) is 0.459. The third-order valence-corrected chi connectivity index (χ3v) is 1.83. The molecule has 0 fully saturated rings. The van der Waals surface area contributed by atoms with Crippen molar-refractivity contribution in [1.29, 1.82) is 0 Å². The molecule has 0 radical (unpaired) electrons. The molecule has 62 valence electrons. The van der Waals surface area contributed by atoms with Crippen molar-refractivity contribution in [2.24, 2.45) is 0 Å². The molecule has 0 aliphatic carbocycles. The van der Waals surface area contributed by atoms with Gasteiger partial charge in [-0.1, -0.05) is 0 Å². The standard InChI is InChI=1S/C4H5O6P/c5-3(6)1-2(4(7)8)11(9)10/h2H,1H2,(H2-,5,6,7,8,9,10)/p-1. The first kappa shape index (κ1) is 10.0. The van der Waals surface area contributed by atoms with E-state index in [1.165, 1.54) is 0 Å². The number of hydrogen-bond acceptors (Lipinski definition) is 5. The van der Waals surface area contributed by atoms with Crippen LogP contribution in [0.2, 0.25) is 0 Å². The van der Waals surface area contributed by atoms with Gasteiger partial charge in [-0.15, -0.1) is 0 Å². The average molecular weight is 179 g/mol. The third kappa shape index (κ3) is 3.64. The Morgan fingerprint density at radius 3 is 2.00 bits per heavy atom. The van der Waals surface area contributed by atoms with Crippen LogP contribution in [0.5, 0.6) is 0 Å². The van der Waals surface area contributed by atoms with Gasteiger partial charge in [-0.25, -0.2) is 0 Å². The van der Waals surface area contributed by atoms with Crippen LogP contribution in [-0.4, -0.2) is 22.5 Å². The fraction of sp³-hybridized carbons (Fsp3) is 0.500. The highest BCUT2D eigenvalue weighted by Crippen LogP contribution is 2.24. The minimum atomic E-state index is -3.07. The summed E-state index contributed by atoms with van der Waals surface area (Å²) in [6.07, 6.45) is -1.01. The minimum absolute atomic E-state index is 1.01. The van der Waals surface area contributed by atoms with Gasteiger partial charge in [-0.3, -0.25) is 0 Å². The molecular formula is C4H4O6P-. The van der Waals surface area contributed by atoms with Crippen LogP contribution in [0.3, 0.4) is 0 Å². The van der Waals surface area contributed by atoms with E-state index in [1.54, 1.807) is 0 Å². The van der Waals surface area contributed by atoms with E-state index in [4.69, 9.17) is 4.89 Å². The normalized spacial score (nSPS) is 13.7. The lowest BCUT2D eigenvalue weighted by Gasteiger charge is -2.05. The Kier molecular flexibility index (Phi) is 3.64. The Morgan fingerprint density at radius 2 is 1.91 bits per heavy atom. The predicted octanol–water partition coefficient (Wildman–Crippen LogP) is -3.02. The molecule has 0 aromatic heterocycles. The average Bonchev–Trinajstić information content (AvgIpc) is 1.81. The van der Waals surface area contributed by atoms with Crippen LogP contribution >= 0.6 is 8.03 Å². The van der Waals surface area contributed by atoms with E-state index in [9.17, 15) is 24.4 Å². The van der Waals surface area contributed by atoms with Gasteiger partial charge in [0, 0.05) is 12.4 Å². The second-order valence-electron chi connectivity index (χ2n) is 1.71. The lowest BCUT2D eigenvalue weighted by atomic mass is 10.3. The summed E-state index contributed by atoms with van der Waals surface area (Å²) in [4.78, 5) is 27.9. The molecule has 0 aromatic carbocycles. The number of hydrogen-bond donors (Lipinski definition) is 1. The zero-order chi connectivity index (χ0) is 9.02. The highest BCUT2D eigenvalue weighted by Gasteiger charge is 2.30. The van der Waals surface area contributed by atoms with Crippen LogP contribution in [0.1, 0.15) is 6.42 Å². The van der Waals surface area contributed by atoms with Crippen molar-refractivity contribution in [1.82, 2.24) is 0 Å². The van der Waals surface area contributed by atoms with E-state index in [2.05, 4.69) is 0 Å². The van der Waals surface area contributed by atoms with Gasteiger partial charge in [0.25, 0.3) is 0 Å². The van der Waals surface area contributed by atoms with Crippen LogP contribution in [-0.2, 0) is 14.2 Å². The van der Waals surface area contributed by atoms with Crippen LogP contribution in [0.25, 0.3) is 0 Å². The van der Waals surface area contributed by atoms with Crippen molar-refractivity contribution in [3.05, 3.63) is 0 Å². The van der Waals surface area contributed by atoms with Gasteiger partial charge < -0.3 is 19.8 Å². The van der Waals surface area contributed by atoms with Gasteiger partial charge in [0.2, 0.25) is 5.66 Å². The molecule has 0 saturated carbocycles. The molecule has 0 aliphatic heterocycles. The second kappa shape index (κ2) is 4.00. The predicted molar refractivity (Wildman–Crippen MR) is 28.2 cm³/mol. The van der Waals surface area contributed by atoms with Gasteiger partial charge >= 0.3 is 8.03 Å². The zero-order valence-electron chi connectivity index (χ0n) is 5.22. The molecule has 6 nitrogen and oxygen atoms in total. The monoisotopic (exact) mass is 179 g/mol. The first-order valence-electron chi connectivity index (χ1n) is 2.51. The maximum Gasteiger partial charge on any atom is 0.515 e. The summed E-state index contributed by atoms with van der Waals surface area (Å²) in [5.41, 5.74) is -1.88. The molecule has 2 atom stereocenters. The molecule has 0 aromatic rings. The fourth-order valence-electron chi connectivity index (χ4n) is 0.409. The van der Waals surface area contributed by atoms with Crippen molar-refractivity contribution >= 4 is 20.0 Å². The second-order valence-corrected chi connectivity index (χ2v) is 2.94. The maximum absolute atomic E-state index is 10.1. The summed E-state index contributed by atoms with van der Waals surface area (Å²) in [5.74, 6) is -3.56. The zero-order valence-corrected chi connectivity index (χ0v) is 6.11. The molecule has 0 rings (SSSR count). The molecule has 11 heavy (non-hydrogen) atoms. The van der Waals surface area contributed by atoms with Gasteiger partial charge in [0.15, 0.2) is 0 Å². The van der Waals surface area contributed by atoms with Crippen LogP contribution in [0.15, 0.2) is 0 Å². The number of carbonyl (C=O) groups is 2. The number of aliphatic carboxylic acids is 2. The Hall–Kier alpha value is -1.00. The summed E-state index contributed by atoms with van der Waals surface area (Å²) < 4.78 is 10.1. The van der Waals surface area contributed by atoms with Crippen LogP contribution < -0.4 is 10.2 Å². The van der Waals surface area contributed by atoms with Gasteiger partial charge in [-0.2, -0.15) is 4.89 Å². The largest absolute Gasteiger partial charge is 0.550 e. The number of rotatable bonds is 4. The Labute approximate surface area is 62.3 Å². The molecule has 0 heterocycles. The summed E-state index contributed by atoms with van der Waals surface area (Å²) in [6, 6.07) is 0. The molecule has 1 N–H and O–H groups in total. The lowest BCUT2D eigenvalue weighted by molar-refractivity contribution is -0.314. The molecule has 0 bridgehead atoms. The summed E-state index contributed by atoms with van der Waals surface area (Å²) in [7, 11) is -3.07. The van der Waals surface area contributed by atoms with E-state index in [0.717, 1.165) is 0 Å². The van der Waals surface area contributed by atoms with E-state index >= 15 is 0 Å². The first-order valence-corrected chi connectivity index (χ1v) is 3.79. The van der Waals surface area contributed by atoms with E-state index in [0.29, 0.717) is 0 Å². The number of carboxylic acids is 2. The van der Waals surface area contributed by atoms with Crippen LogP contribution in [0.4, 0.5) is 0 Å². The van der Waals surface area contributed by atoms with Crippen LogP contribution in [0, 0.1) is 0 Å². The highest BCUT2D eigenvalue weighted by molar-refractivity contribution is 7.40. The van der Waals surface area contributed by atoms with Gasteiger partial charge in [-0.05, 0) is 4.57 Å². The Morgan fingerprint density at radius 1 is 1.45 bits per heavy atom. The Bertz CT molecular complexity index is 185. The summed E-state index contributed by atoms with van der Waals surface area (Å²) in [6.45, 7) is 0. The van der Waals surface area contributed by atoms with Gasteiger partial charge in [0.05, 0.1) is 5.97 Å².